The molecule has 0 radical (unpaired) electrons. The molecule has 0 bridgehead atoms. The summed E-state index contributed by atoms with van der Waals surface area (Å²) in [6, 6.07) is 3.47. The van der Waals surface area contributed by atoms with Crippen LogP contribution in [0.1, 0.15) is 0 Å². The third-order valence-corrected chi connectivity index (χ3v) is 2.35. The van der Waals surface area contributed by atoms with E-state index in [-0.39, 0.29) is 13.1 Å². The maximum atomic E-state index is 10.9. The van der Waals surface area contributed by atoms with Crippen LogP contribution in [0.4, 0.5) is 5.82 Å². The van der Waals surface area contributed by atoms with E-state index in [1.807, 2.05) is 0 Å². The molecule has 0 saturated carbocycles. The molecule has 1 aromatic heterocycles. The van der Waals surface area contributed by atoms with E-state index >= 15 is 0 Å². The number of carbonyl (C=O) groups is 2. The number of aromatic nitrogens is 1. The monoisotopic (exact) mass is 286 g/mol. The van der Waals surface area contributed by atoms with Gasteiger partial charge >= 0.3 is 0 Å². The Bertz CT molecular complexity index is 394. The van der Waals surface area contributed by atoms with Gasteiger partial charge in [-0.1, -0.05) is 0 Å². The van der Waals surface area contributed by atoms with E-state index in [9.17, 15) is 9.59 Å². The lowest BCUT2D eigenvalue weighted by atomic mass is 10.4. The fourth-order valence-corrected chi connectivity index (χ4v) is 1.70. The highest BCUT2D eigenvalue weighted by Gasteiger charge is 2.15. The lowest BCUT2D eigenvalue weighted by molar-refractivity contribution is -0.117. The molecule has 0 aromatic carbocycles. The molecule has 6 nitrogen and oxygen atoms in total. The summed E-state index contributed by atoms with van der Waals surface area (Å²) in [5, 5.41) is 0. The Hall–Kier alpha value is -1.63. The predicted molar refractivity (Wildman–Crippen MR) is 62.5 cm³/mol. The summed E-state index contributed by atoms with van der Waals surface area (Å²) in [6.45, 7) is -0.225. The van der Waals surface area contributed by atoms with Crippen LogP contribution in [-0.2, 0) is 9.59 Å². The van der Waals surface area contributed by atoms with E-state index in [0.717, 1.165) is 0 Å². The van der Waals surface area contributed by atoms with Gasteiger partial charge in [0, 0.05) is 6.20 Å². The normalized spacial score (nSPS) is 9.81. The van der Waals surface area contributed by atoms with Crippen LogP contribution >= 0.6 is 15.9 Å². The average Bonchev–Trinajstić information content (AvgIpc) is 2.15. The molecule has 0 saturated heterocycles. The van der Waals surface area contributed by atoms with E-state index in [1.165, 1.54) is 4.90 Å². The first kappa shape index (κ1) is 12.4. The van der Waals surface area contributed by atoms with E-state index in [2.05, 4.69) is 20.9 Å². The van der Waals surface area contributed by atoms with Crippen molar-refractivity contribution in [2.75, 3.05) is 18.0 Å². The fourth-order valence-electron chi connectivity index (χ4n) is 1.19. The molecular formula is C9H11BrN4O2. The molecule has 0 unspecified atom stereocenters. The van der Waals surface area contributed by atoms with Crippen LogP contribution in [0.5, 0.6) is 0 Å². The molecule has 1 rings (SSSR count). The molecule has 0 spiro atoms. The van der Waals surface area contributed by atoms with Gasteiger partial charge in [-0.05, 0) is 28.1 Å². The number of amides is 2. The van der Waals surface area contributed by atoms with Crippen molar-refractivity contribution in [3.8, 4) is 0 Å². The standard InChI is InChI=1S/C9H11BrN4O2/c10-6-2-1-3-13-9(6)14(4-7(11)15)5-8(12)16/h1-3H,4-5H2,(H2,11,15)(H2,12,16). The Morgan fingerprint density at radius 3 is 2.31 bits per heavy atom. The minimum Gasteiger partial charge on any atom is -0.368 e. The van der Waals surface area contributed by atoms with Crippen molar-refractivity contribution in [1.82, 2.24) is 4.98 Å². The Morgan fingerprint density at radius 2 is 1.88 bits per heavy atom. The molecule has 1 aromatic rings. The minimum atomic E-state index is -0.557. The Morgan fingerprint density at radius 1 is 1.31 bits per heavy atom. The lowest BCUT2D eigenvalue weighted by Gasteiger charge is -2.21. The van der Waals surface area contributed by atoms with Gasteiger partial charge in [0.1, 0.15) is 5.82 Å². The maximum Gasteiger partial charge on any atom is 0.237 e. The number of primary amides is 2. The lowest BCUT2D eigenvalue weighted by Crippen LogP contribution is -2.40. The maximum absolute atomic E-state index is 10.9. The highest BCUT2D eigenvalue weighted by molar-refractivity contribution is 9.10. The number of nitrogens with zero attached hydrogens (tertiary/aromatic N) is 2. The topological polar surface area (TPSA) is 102 Å². The summed E-state index contributed by atoms with van der Waals surface area (Å²) in [7, 11) is 0. The highest BCUT2D eigenvalue weighted by atomic mass is 79.9. The molecule has 86 valence electrons. The van der Waals surface area contributed by atoms with Crippen molar-refractivity contribution in [3.63, 3.8) is 0 Å². The zero-order chi connectivity index (χ0) is 12.1. The van der Waals surface area contributed by atoms with Crippen molar-refractivity contribution >= 4 is 33.6 Å². The van der Waals surface area contributed by atoms with Crippen molar-refractivity contribution in [3.05, 3.63) is 22.8 Å². The molecular weight excluding hydrogens is 276 g/mol. The van der Waals surface area contributed by atoms with Crippen LogP contribution in [0, 0.1) is 0 Å². The van der Waals surface area contributed by atoms with E-state index in [4.69, 9.17) is 11.5 Å². The van der Waals surface area contributed by atoms with E-state index in [1.54, 1.807) is 18.3 Å². The van der Waals surface area contributed by atoms with Gasteiger partial charge in [-0.25, -0.2) is 4.98 Å². The average molecular weight is 287 g/mol. The smallest absolute Gasteiger partial charge is 0.237 e. The summed E-state index contributed by atoms with van der Waals surface area (Å²) in [5.74, 6) is -0.655. The molecule has 0 aliphatic carbocycles. The molecule has 0 aliphatic heterocycles. The highest BCUT2D eigenvalue weighted by Crippen LogP contribution is 2.22. The number of anilines is 1. The van der Waals surface area contributed by atoms with Crippen molar-refractivity contribution < 1.29 is 9.59 Å². The Kier molecular flexibility index (Phi) is 4.24. The number of nitrogens with two attached hydrogens (primary N) is 2. The Balaban J connectivity index is 2.96. The summed E-state index contributed by atoms with van der Waals surface area (Å²) < 4.78 is 0.664. The third-order valence-electron chi connectivity index (χ3n) is 1.73. The van der Waals surface area contributed by atoms with Crippen LogP contribution in [-0.4, -0.2) is 29.9 Å². The van der Waals surface area contributed by atoms with Gasteiger partial charge in [-0.2, -0.15) is 0 Å². The van der Waals surface area contributed by atoms with Gasteiger partial charge in [0.15, 0.2) is 0 Å². The minimum absolute atomic E-state index is 0.113. The Labute approximate surface area is 101 Å². The van der Waals surface area contributed by atoms with Crippen LogP contribution in [0.25, 0.3) is 0 Å². The van der Waals surface area contributed by atoms with Gasteiger partial charge in [0.05, 0.1) is 17.6 Å². The molecule has 2 amide bonds. The van der Waals surface area contributed by atoms with Gasteiger partial charge in [0.2, 0.25) is 11.8 Å². The summed E-state index contributed by atoms with van der Waals surface area (Å²) in [5.41, 5.74) is 10.2. The van der Waals surface area contributed by atoms with Gasteiger partial charge < -0.3 is 16.4 Å². The summed E-state index contributed by atoms with van der Waals surface area (Å²) in [6.07, 6.45) is 1.55. The van der Waals surface area contributed by atoms with Crippen molar-refractivity contribution in [2.24, 2.45) is 11.5 Å². The molecule has 16 heavy (non-hydrogen) atoms. The number of halogens is 1. The zero-order valence-corrected chi connectivity index (χ0v) is 9.98. The number of carbonyl (C=O) groups excluding carboxylic acids is 2. The van der Waals surface area contributed by atoms with Gasteiger partial charge in [-0.15, -0.1) is 0 Å². The van der Waals surface area contributed by atoms with Crippen LogP contribution < -0.4 is 16.4 Å². The predicted octanol–water partition coefficient (Wildman–Crippen LogP) is -0.379. The first-order chi connectivity index (χ1) is 7.50. The molecule has 0 fully saturated rings. The second-order valence-electron chi connectivity index (χ2n) is 3.10. The van der Waals surface area contributed by atoms with Gasteiger partial charge in [0.25, 0.3) is 0 Å². The SMILES string of the molecule is NC(=O)CN(CC(N)=O)c1ncccc1Br. The number of pyridine rings is 1. The van der Waals surface area contributed by atoms with Crippen LogP contribution in [0.3, 0.4) is 0 Å². The molecule has 0 atom stereocenters. The second-order valence-corrected chi connectivity index (χ2v) is 3.95. The zero-order valence-electron chi connectivity index (χ0n) is 8.39. The quantitative estimate of drug-likeness (QED) is 0.770. The van der Waals surface area contributed by atoms with E-state index in [0.29, 0.717) is 10.3 Å². The molecule has 1 heterocycles. The molecule has 7 heteroatoms. The third kappa shape index (κ3) is 3.50. The second kappa shape index (κ2) is 5.45. The first-order valence-electron chi connectivity index (χ1n) is 4.42. The van der Waals surface area contributed by atoms with Crippen molar-refractivity contribution in [1.29, 1.82) is 0 Å². The molecule has 4 N–H and O–H groups in total. The summed E-state index contributed by atoms with van der Waals surface area (Å²) >= 11 is 3.27. The molecule has 0 aliphatic rings. The number of rotatable bonds is 5. The van der Waals surface area contributed by atoms with Crippen LogP contribution in [0.2, 0.25) is 0 Å². The fraction of sp³-hybridized carbons (Fsp3) is 0.222. The summed E-state index contributed by atoms with van der Waals surface area (Å²) in [4.78, 5) is 27.2. The van der Waals surface area contributed by atoms with Crippen molar-refractivity contribution in [2.45, 2.75) is 0 Å². The number of hydrogen-bond acceptors (Lipinski definition) is 4. The van der Waals surface area contributed by atoms with Crippen LogP contribution in [0.15, 0.2) is 22.8 Å². The largest absolute Gasteiger partial charge is 0.368 e. The first-order valence-corrected chi connectivity index (χ1v) is 5.22. The van der Waals surface area contributed by atoms with Gasteiger partial charge in [-0.3, -0.25) is 9.59 Å². The number of hydrogen-bond donors (Lipinski definition) is 2. The van der Waals surface area contributed by atoms with E-state index < -0.39 is 11.8 Å².